The molecule has 3 rings (SSSR count). The monoisotopic (exact) mass is 382 g/mol. The summed E-state index contributed by atoms with van der Waals surface area (Å²) < 4.78 is 1.32. The third-order valence-corrected chi connectivity index (χ3v) is 5.06. The molecular formula is C19H18N4O3S. The first kappa shape index (κ1) is 18.7. The second kappa shape index (κ2) is 8.05. The van der Waals surface area contributed by atoms with Crippen LogP contribution in [0.3, 0.4) is 0 Å². The molecule has 1 unspecified atom stereocenters. The van der Waals surface area contributed by atoms with Crippen LogP contribution in [0.5, 0.6) is 0 Å². The van der Waals surface area contributed by atoms with Crippen molar-refractivity contribution in [2.75, 3.05) is 5.32 Å². The van der Waals surface area contributed by atoms with Crippen LogP contribution < -0.4 is 5.32 Å². The number of rotatable bonds is 6. The van der Waals surface area contributed by atoms with Crippen LogP contribution in [0.25, 0.3) is 0 Å². The number of carbonyl (C=O) groups is 1. The molecule has 1 aromatic heterocycles. The lowest BCUT2D eigenvalue weighted by Crippen LogP contribution is -2.24. The number of amides is 1. The fourth-order valence-electron chi connectivity index (χ4n) is 2.48. The van der Waals surface area contributed by atoms with Crippen LogP contribution in [0.15, 0.2) is 70.6 Å². The van der Waals surface area contributed by atoms with Crippen molar-refractivity contribution in [1.29, 1.82) is 0 Å². The van der Waals surface area contributed by atoms with Gasteiger partial charge in [0.1, 0.15) is 17.9 Å². The minimum absolute atomic E-state index is 0.102. The second-order valence-electron chi connectivity index (χ2n) is 5.91. The second-order valence-corrected chi connectivity index (χ2v) is 7.03. The van der Waals surface area contributed by atoms with Gasteiger partial charge in [0.05, 0.1) is 10.6 Å². The molecule has 0 spiro atoms. The van der Waals surface area contributed by atoms with E-state index in [2.05, 4.69) is 10.4 Å². The van der Waals surface area contributed by atoms with E-state index in [1.165, 1.54) is 10.9 Å². The van der Waals surface area contributed by atoms with E-state index in [0.29, 0.717) is 5.69 Å². The molecule has 1 atom stereocenters. The number of nitrogens with one attached hydrogen (secondary N) is 1. The van der Waals surface area contributed by atoms with E-state index in [0.717, 1.165) is 9.79 Å². The average molecular weight is 382 g/mol. The highest BCUT2D eigenvalue weighted by Gasteiger charge is 2.22. The van der Waals surface area contributed by atoms with Gasteiger partial charge in [0.2, 0.25) is 5.91 Å². The van der Waals surface area contributed by atoms with Crippen LogP contribution in [-0.2, 0) is 4.79 Å². The highest BCUT2D eigenvalue weighted by molar-refractivity contribution is 7.99. The number of aromatic nitrogens is 2. The van der Waals surface area contributed by atoms with E-state index in [-0.39, 0.29) is 17.3 Å². The molecule has 0 bridgehead atoms. The molecule has 2 aromatic carbocycles. The predicted octanol–water partition coefficient (Wildman–Crippen LogP) is 4.45. The van der Waals surface area contributed by atoms with Crippen molar-refractivity contribution in [3.05, 3.63) is 76.6 Å². The zero-order valence-electron chi connectivity index (χ0n) is 14.8. The van der Waals surface area contributed by atoms with Gasteiger partial charge in [-0.1, -0.05) is 42.1 Å². The largest absolute Gasteiger partial charge is 0.323 e. The van der Waals surface area contributed by atoms with E-state index >= 15 is 0 Å². The summed E-state index contributed by atoms with van der Waals surface area (Å²) in [5, 5.41) is 18.0. The Morgan fingerprint density at radius 3 is 2.52 bits per heavy atom. The molecule has 1 N–H and O–H groups in total. The fraction of sp³-hybridized carbons (Fsp3) is 0.158. The molecule has 3 aromatic rings. The van der Waals surface area contributed by atoms with Gasteiger partial charge >= 0.3 is 5.69 Å². The highest BCUT2D eigenvalue weighted by atomic mass is 32.2. The first-order valence-corrected chi connectivity index (χ1v) is 9.10. The maximum Gasteiger partial charge on any atom is 0.309 e. The zero-order valence-corrected chi connectivity index (χ0v) is 15.6. The van der Waals surface area contributed by atoms with E-state index in [4.69, 9.17) is 0 Å². The molecular weight excluding hydrogens is 364 g/mol. The van der Waals surface area contributed by atoms with Crippen molar-refractivity contribution in [3.8, 4) is 0 Å². The molecule has 7 nitrogen and oxygen atoms in total. The van der Waals surface area contributed by atoms with Crippen molar-refractivity contribution in [2.45, 2.75) is 29.7 Å². The van der Waals surface area contributed by atoms with Crippen molar-refractivity contribution in [1.82, 2.24) is 9.78 Å². The molecule has 0 aliphatic carbocycles. The van der Waals surface area contributed by atoms with Gasteiger partial charge in [-0.15, -0.1) is 0 Å². The molecule has 8 heteroatoms. The summed E-state index contributed by atoms with van der Waals surface area (Å²) in [6.07, 6.45) is 1.28. The number of nitrogens with zero attached hydrogens (tertiary/aromatic N) is 3. The lowest BCUT2D eigenvalue weighted by molar-refractivity contribution is -0.385. The van der Waals surface area contributed by atoms with Gasteiger partial charge in [0.25, 0.3) is 0 Å². The summed E-state index contributed by atoms with van der Waals surface area (Å²) in [5.41, 5.74) is 0.857. The van der Waals surface area contributed by atoms with Gasteiger partial charge in [0.15, 0.2) is 0 Å². The Morgan fingerprint density at radius 1 is 1.19 bits per heavy atom. The SMILES string of the molecule is Cc1nn(C(C)C(=O)Nc2ccccc2Sc2ccccc2)cc1[N+](=O)[O-]. The van der Waals surface area contributed by atoms with E-state index in [1.54, 1.807) is 25.6 Å². The van der Waals surface area contributed by atoms with Gasteiger partial charge in [-0.2, -0.15) is 5.10 Å². The van der Waals surface area contributed by atoms with Gasteiger partial charge in [0, 0.05) is 9.79 Å². The van der Waals surface area contributed by atoms with Crippen LogP contribution in [0.1, 0.15) is 18.7 Å². The Morgan fingerprint density at radius 2 is 1.85 bits per heavy atom. The topological polar surface area (TPSA) is 90.1 Å². The average Bonchev–Trinajstić information content (AvgIpc) is 3.05. The standard InChI is InChI=1S/C19H18N4O3S/c1-13-17(23(25)26)12-22(21-13)14(2)19(24)20-16-10-6-7-11-18(16)27-15-8-4-3-5-9-15/h3-12,14H,1-2H3,(H,20,24). The number of nitro groups is 1. The summed E-state index contributed by atoms with van der Waals surface area (Å²) in [5.74, 6) is -0.298. The Labute approximate surface area is 160 Å². The van der Waals surface area contributed by atoms with Crippen LogP contribution >= 0.6 is 11.8 Å². The highest BCUT2D eigenvalue weighted by Crippen LogP contribution is 2.33. The van der Waals surface area contributed by atoms with Crippen LogP contribution in [0.4, 0.5) is 11.4 Å². The number of anilines is 1. The summed E-state index contributed by atoms with van der Waals surface area (Å²) in [7, 11) is 0. The Kier molecular flexibility index (Phi) is 5.56. The number of benzene rings is 2. The van der Waals surface area contributed by atoms with Gasteiger partial charge in [-0.25, -0.2) is 0 Å². The number of para-hydroxylation sites is 1. The van der Waals surface area contributed by atoms with E-state index < -0.39 is 11.0 Å². The lowest BCUT2D eigenvalue weighted by atomic mass is 10.2. The first-order valence-electron chi connectivity index (χ1n) is 8.28. The molecule has 27 heavy (non-hydrogen) atoms. The Balaban J connectivity index is 1.78. The lowest BCUT2D eigenvalue weighted by Gasteiger charge is -2.15. The van der Waals surface area contributed by atoms with Gasteiger partial charge in [-0.05, 0) is 38.1 Å². The van der Waals surface area contributed by atoms with Crippen molar-refractivity contribution in [2.24, 2.45) is 0 Å². The number of aryl methyl sites for hydroxylation is 1. The van der Waals surface area contributed by atoms with Crippen LogP contribution in [0, 0.1) is 17.0 Å². The molecule has 0 saturated carbocycles. The van der Waals surface area contributed by atoms with Crippen molar-refractivity contribution in [3.63, 3.8) is 0 Å². The normalized spacial score (nSPS) is 11.8. The summed E-state index contributed by atoms with van der Waals surface area (Å²) >= 11 is 1.55. The molecule has 1 amide bonds. The predicted molar refractivity (Wildman–Crippen MR) is 104 cm³/mol. The third-order valence-electron chi connectivity index (χ3n) is 3.98. The molecule has 138 valence electrons. The summed E-state index contributed by atoms with van der Waals surface area (Å²) in [6, 6.07) is 16.7. The summed E-state index contributed by atoms with van der Waals surface area (Å²) in [4.78, 5) is 25.1. The van der Waals surface area contributed by atoms with E-state index in [9.17, 15) is 14.9 Å². The minimum Gasteiger partial charge on any atom is -0.323 e. The molecule has 0 aliphatic heterocycles. The van der Waals surface area contributed by atoms with Crippen molar-refractivity contribution >= 4 is 29.0 Å². The van der Waals surface area contributed by atoms with Crippen molar-refractivity contribution < 1.29 is 9.72 Å². The quantitative estimate of drug-likeness (QED) is 0.502. The molecule has 1 heterocycles. The number of hydrogen-bond acceptors (Lipinski definition) is 5. The number of carbonyl (C=O) groups excluding carboxylic acids is 1. The summed E-state index contributed by atoms with van der Waals surface area (Å²) in [6.45, 7) is 3.20. The molecule has 0 aliphatic rings. The van der Waals surface area contributed by atoms with Gasteiger partial charge < -0.3 is 5.32 Å². The zero-order chi connectivity index (χ0) is 19.4. The maximum absolute atomic E-state index is 12.7. The number of hydrogen-bond donors (Lipinski definition) is 1. The smallest absolute Gasteiger partial charge is 0.309 e. The third kappa shape index (κ3) is 4.35. The Bertz CT molecular complexity index is 972. The molecule has 0 saturated heterocycles. The molecule has 0 fully saturated rings. The fourth-order valence-corrected chi connectivity index (χ4v) is 3.40. The van der Waals surface area contributed by atoms with Crippen LogP contribution in [0.2, 0.25) is 0 Å². The minimum atomic E-state index is -0.688. The van der Waals surface area contributed by atoms with Gasteiger partial charge in [-0.3, -0.25) is 19.6 Å². The van der Waals surface area contributed by atoms with Crippen LogP contribution in [-0.4, -0.2) is 20.6 Å². The first-order chi connectivity index (χ1) is 13.0. The molecule has 0 radical (unpaired) electrons. The Hall–Kier alpha value is -3.13. The maximum atomic E-state index is 12.7. The van der Waals surface area contributed by atoms with E-state index in [1.807, 2.05) is 54.6 Å².